The van der Waals surface area contributed by atoms with E-state index in [0.29, 0.717) is 31.1 Å². The number of rotatable bonds is 6. The molecule has 1 unspecified atom stereocenters. The Morgan fingerprint density at radius 3 is 2.65 bits per heavy atom. The van der Waals surface area contributed by atoms with E-state index < -0.39 is 6.10 Å². The van der Waals surface area contributed by atoms with Crippen LogP contribution in [0.1, 0.15) is 13.3 Å². The molecule has 1 aromatic rings. The molecule has 1 fully saturated rings. The summed E-state index contributed by atoms with van der Waals surface area (Å²) in [4.78, 5) is 15.8. The van der Waals surface area contributed by atoms with Crippen molar-refractivity contribution in [3.05, 3.63) is 23.2 Å². The van der Waals surface area contributed by atoms with Crippen molar-refractivity contribution in [2.75, 3.05) is 48.8 Å². The fourth-order valence-electron chi connectivity index (χ4n) is 2.66. The second-order valence-electron chi connectivity index (χ2n) is 5.55. The van der Waals surface area contributed by atoms with E-state index in [0.717, 1.165) is 24.5 Å². The number of piperazine rings is 1. The smallest absolute Gasteiger partial charge is 0.222 e. The number of nitrogens with one attached hydrogen (secondary N) is 1. The average molecular weight is 360 g/mol. The van der Waals surface area contributed by atoms with Crippen molar-refractivity contribution in [2.24, 2.45) is 0 Å². The lowest BCUT2D eigenvalue weighted by molar-refractivity contribution is -0.131. The SMILES string of the molecule is CCC(=O)N1CCN(c2c(Cl)cccc2NCC(O)CCl)CC1. The van der Waals surface area contributed by atoms with Gasteiger partial charge in [-0.05, 0) is 12.1 Å². The molecule has 1 amide bonds. The van der Waals surface area contributed by atoms with Crippen molar-refractivity contribution >= 4 is 40.5 Å². The van der Waals surface area contributed by atoms with Crippen molar-refractivity contribution in [3.63, 3.8) is 0 Å². The highest BCUT2D eigenvalue weighted by molar-refractivity contribution is 6.34. The number of para-hydroxylation sites is 1. The van der Waals surface area contributed by atoms with Gasteiger partial charge >= 0.3 is 0 Å². The van der Waals surface area contributed by atoms with E-state index >= 15 is 0 Å². The number of carbonyl (C=O) groups excluding carboxylic acids is 1. The minimum atomic E-state index is -0.609. The van der Waals surface area contributed by atoms with E-state index in [-0.39, 0.29) is 11.8 Å². The number of anilines is 2. The Labute approximate surface area is 147 Å². The molecule has 1 saturated heterocycles. The number of halogens is 2. The molecule has 2 N–H and O–H groups in total. The van der Waals surface area contributed by atoms with Gasteiger partial charge in [0, 0.05) is 39.1 Å². The highest BCUT2D eigenvalue weighted by Crippen LogP contribution is 2.34. The first-order valence-electron chi connectivity index (χ1n) is 7.86. The molecule has 0 radical (unpaired) electrons. The van der Waals surface area contributed by atoms with Crippen LogP contribution in [0.5, 0.6) is 0 Å². The summed E-state index contributed by atoms with van der Waals surface area (Å²) < 4.78 is 0. The predicted octanol–water partition coefficient (Wildman–Crippen LogP) is 2.41. The number of benzene rings is 1. The molecule has 0 spiro atoms. The lowest BCUT2D eigenvalue weighted by atomic mass is 10.2. The summed E-state index contributed by atoms with van der Waals surface area (Å²) in [6.45, 7) is 5.12. The first kappa shape index (κ1) is 18.2. The first-order chi connectivity index (χ1) is 11.1. The Hall–Kier alpha value is -1.17. The number of hydrogen-bond acceptors (Lipinski definition) is 4. The third kappa shape index (κ3) is 4.66. The van der Waals surface area contributed by atoms with Crippen LogP contribution in [0, 0.1) is 0 Å². The maximum absolute atomic E-state index is 11.8. The summed E-state index contributed by atoms with van der Waals surface area (Å²) in [5.41, 5.74) is 1.79. The number of aliphatic hydroxyl groups excluding tert-OH is 1. The normalized spacial score (nSPS) is 16.3. The summed E-state index contributed by atoms with van der Waals surface area (Å²) in [6, 6.07) is 5.66. The lowest BCUT2D eigenvalue weighted by Crippen LogP contribution is -2.48. The van der Waals surface area contributed by atoms with Gasteiger partial charge in [-0.1, -0.05) is 24.6 Å². The monoisotopic (exact) mass is 359 g/mol. The van der Waals surface area contributed by atoms with Crippen molar-refractivity contribution in [1.82, 2.24) is 4.90 Å². The van der Waals surface area contributed by atoms with E-state index in [4.69, 9.17) is 23.2 Å². The summed E-state index contributed by atoms with van der Waals surface area (Å²) >= 11 is 12.0. The molecule has 23 heavy (non-hydrogen) atoms. The van der Waals surface area contributed by atoms with Gasteiger partial charge in [0.15, 0.2) is 0 Å². The Bertz CT molecular complexity index is 534. The molecule has 0 aliphatic carbocycles. The number of nitrogens with zero attached hydrogens (tertiary/aromatic N) is 2. The number of amides is 1. The maximum atomic E-state index is 11.8. The van der Waals surface area contributed by atoms with E-state index in [1.54, 1.807) is 0 Å². The molecule has 1 aliphatic heterocycles. The highest BCUT2D eigenvalue weighted by Gasteiger charge is 2.23. The zero-order valence-electron chi connectivity index (χ0n) is 13.3. The molecule has 2 rings (SSSR count). The quantitative estimate of drug-likeness (QED) is 0.765. The largest absolute Gasteiger partial charge is 0.390 e. The second kappa shape index (κ2) is 8.62. The van der Waals surface area contributed by atoms with Crippen molar-refractivity contribution < 1.29 is 9.90 Å². The Balaban J connectivity index is 2.08. The van der Waals surface area contributed by atoms with Crippen molar-refractivity contribution in [3.8, 4) is 0 Å². The Kier molecular flexibility index (Phi) is 6.81. The van der Waals surface area contributed by atoms with Crippen molar-refractivity contribution in [1.29, 1.82) is 0 Å². The van der Waals surface area contributed by atoms with Gasteiger partial charge in [0.25, 0.3) is 0 Å². The molecule has 5 nitrogen and oxygen atoms in total. The van der Waals surface area contributed by atoms with Crippen molar-refractivity contribution in [2.45, 2.75) is 19.4 Å². The van der Waals surface area contributed by atoms with Crippen LogP contribution in [-0.2, 0) is 4.79 Å². The molecular weight excluding hydrogens is 337 g/mol. The van der Waals surface area contributed by atoms with Crippen LogP contribution in [0.4, 0.5) is 11.4 Å². The average Bonchev–Trinajstić information content (AvgIpc) is 2.59. The van der Waals surface area contributed by atoms with E-state index in [1.165, 1.54) is 0 Å². The van der Waals surface area contributed by atoms with Crippen LogP contribution < -0.4 is 10.2 Å². The van der Waals surface area contributed by atoms with Crippen LogP contribution in [-0.4, -0.2) is 60.6 Å². The van der Waals surface area contributed by atoms with Crippen LogP contribution in [0.25, 0.3) is 0 Å². The fraction of sp³-hybridized carbons (Fsp3) is 0.562. The minimum Gasteiger partial charge on any atom is -0.390 e. The predicted molar refractivity (Wildman–Crippen MR) is 95.8 cm³/mol. The van der Waals surface area contributed by atoms with E-state index in [1.807, 2.05) is 30.0 Å². The van der Waals surface area contributed by atoms with Gasteiger partial charge in [0.2, 0.25) is 5.91 Å². The number of hydrogen-bond donors (Lipinski definition) is 2. The van der Waals surface area contributed by atoms with E-state index in [2.05, 4.69) is 10.2 Å². The van der Waals surface area contributed by atoms with Gasteiger partial charge in [-0.3, -0.25) is 4.79 Å². The van der Waals surface area contributed by atoms with Gasteiger partial charge in [0.05, 0.1) is 28.4 Å². The van der Waals surface area contributed by atoms with E-state index in [9.17, 15) is 9.90 Å². The van der Waals surface area contributed by atoms with Crippen LogP contribution in [0.3, 0.4) is 0 Å². The van der Waals surface area contributed by atoms with Crippen LogP contribution in [0.2, 0.25) is 5.02 Å². The molecule has 1 aromatic carbocycles. The Morgan fingerprint density at radius 2 is 2.04 bits per heavy atom. The Morgan fingerprint density at radius 1 is 1.35 bits per heavy atom. The lowest BCUT2D eigenvalue weighted by Gasteiger charge is -2.37. The summed E-state index contributed by atoms with van der Waals surface area (Å²) in [7, 11) is 0. The number of alkyl halides is 1. The standard InChI is InChI=1S/C16H23Cl2N3O2/c1-2-15(23)20-6-8-21(9-7-20)16-13(18)4-3-5-14(16)19-11-12(22)10-17/h3-5,12,19,22H,2,6-11H2,1H3. The highest BCUT2D eigenvalue weighted by atomic mass is 35.5. The molecule has 0 aromatic heterocycles. The van der Waals surface area contributed by atoms with Crippen LogP contribution in [0.15, 0.2) is 18.2 Å². The molecule has 0 saturated carbocycles. The van der Waals surface area contributed by atoms with Crippen LogP contribution >= 0.6 is 23.2 Å². The third-order valence-electron chi connectivity index (χ3n) is 3.94. The summed E-state index contributed by atoms with van der Waals surface area (Å²) in [6.07, 6.45) is -0.0719. The maximum Gasteiger partial charge on any atom is 0.222 e. The first-order valence-corrected chi connectivity index (χ1v) is 8.77. The molecule has 7 heteroatoms. The zero-order valence-corrected chi connectivity index (χ0v) is 14.8. The molecular formula is C16H23Cl2N3O2. The number of carbonyl (C=O) groups is 1. The fourth-order valence-corrected chi connectivity index (χ4v) is 3.07. The minimum absolute atomic E-state index is 0.181. The number of aliphatic hydroxyl groups is 1. The summed E-state index contributed by atoms with van der Waals surface area (Å²) in [5.74, 6) is 0.369. The zero-order chi connectivity index (χ0) is 16.8. The van der Waals surface area contributed by atoms with Gasteiger partial charge in [-0.15, -0.1) is 11.6 Å². The van der Waals surface area contributed by atoms with Gasteiger partial charge < -0.3 is 20.2 Å². The molecule has 1 aliphatic rings. The van der Waals surface area contributed by atoms with Gasteiger partial charge in [-0.25, -0.2) is 0 Å². The molecule has 1 heterocycles. The second-order valence-corrected chi connectivity index (χ2v) is 6.26. The molecule has 1 atom stereocenters. The van der Waals surface area contributed by atoms with Gasteiger partial charge in [-0.2, -0.15) is 0 Å². The molecule has 0 bridgehead atoms. The summed E-state index contributed by atoms with van der Waals surface area (Å²) in [5, 5.41) is 13.5. The molecule has 128 valence electrons. The third-order valence-corrected chi connectivity index (χ3v) is 4.61. The topological polar surface area (TPSA) is 55.8 Å². The van der Waals surface area contributed by atoms with Gasteiger partial charge in [0.1, 0.15) is 0 Å².